The second-order valence-corrected chi connectivity index (χ2v) is 3.73. The second kappa shape index (κ2) is 4.51. The van der Waals surface area contributed by atoms with Crippen LogP contribution in [0.15, 0.2) is 18.2 Å². The number of benzene rings is 1. The Labute approximate surface area is 94.6 Å². The highest BCUT2D eigenvalue weighted by Crippen LogP contribution is 2.31. The number of rotatable bonds is 2. The average Bonchev–Trinajstić information content (AvgIpc) is 2.15. The molecule has 0 nitrogen and oxygen atoms in total. The van der Waals surface area contributed by atoms with E-state index in [1.807, 2.05) is 6.92 Å². The van der Waals surface area contributed by atoms with Gasteiger partial charge in [-0.2, -0.15) is 13.2 Å². The van der Waals surface area contributed by atoms with Crippen LogP contribution >= 0.6 is 22.6 Å². The fourth-order valence-electron chi connectivity index (χ4n) is 1.26. The zero-order valence-corrected chi connectivity index (χ0v) is 9.82. The Morgan fingerprint density at radius 2 is 1.86 bits per heavy atom. The van der Waals surface area contributed by atoms with Crippen LogP contribution in [0.3, 0.4) is 0 Å². The minimum Gasteiger partial charge on any atom is -0.166 e. The maximum Gasteiger partial charge on any atom is 0.416 e. The molecule has 4 heteroatoms. The van der Waals surface area contributed by atoms with Gasteiger partial charge in [0, 0.05) is 4.43 Å². The lowest BCUT2D eigenvalue weighted by Crippen LogP contribution is -2.06. The Morgan fingerprint density at radius 3 is 2.29 bits per heavy atom. The number of aryl methyl sites for hydroxylation is 1. The van der Waals surface area contributed by atoms with Crippen LogP contribution in [0.5, 0.6) is 0 Å². The molecule has 0 unspecified atom stereocenters. The first kappa shape index (κ1) is 11.8. The predicted molar refractivity (Wildman–Crippen MR) is 58.5 cm³/mol. The van der Waals surface area contributed by atoms with Crippen LogP contribution in [0, 0.1) is 0 Å². The Kier molecular flexibility index (Phi) is 3.80. The molecule has 0 aliphatic carbocycles. The van der Waals surface area contributed by atoms with Gasteiger partial charge in [0.05, 0.1) is 5.56 Å². The van der Waals surface area contributed by atoms with Gasteiger partial charge in [-0.1, -0.05) is 35.6 Å². The first-order valence-electron chi connectivity index (χ1n) is 4.24. The van der Waals surface area contributed by atoms with Crippen molar-refractivity contribution in [3.63, 3.8) is 0 Å². The van der Waals surface area contributed by atoms with Gasteiger partial charge in [-0.05, 0) is 29.7 Å². The van der Waals surface area contributed by atoms with Gasteiger partial charge in [-0.25, -0.2) is 0 Å². The highest BCUT2D eigenvalue weighted by Gasteiger charge is 2.30. The molecule has 0 fully saturated rings. The van der Waals surface area contributed by atoms with Crippen molar-refractivity contribution in [2.24, 2.45) is 0 Å². The molecule has 0 aliphatic rings. The molecular formula is C10H10F3I. The SMILES string of the molecule is CCc1cc(C(F)(F)F)ccc1CI. The lowest BCUT2D eigenvalue weighted by Gasteiger charge is -2.10. The lowest BCUT2D eigenvalue weighted by atomic mass is 10.0. The second-order valence-electron chi connectivity index (χ2n) is 2.97. The van der Waals surface area contributed by atoms with Crippen LogP contribution in [-0.4, -0.2) is 0 Å². The standard InChI is InChI=1S/C10H10F3I/c1-2-7-5-9(10(11,12)13)4-3-8(7)6-14/h3-5H,2,6H2,1H3. The molecule has 0 saturated heterocycles. The van der Waals surface area contributed by atoms with Gasteiger partial charge in [-0.15, -0.1) is 0 Å². The summed E-state index contributed by atoms with van der Waals surface area (Å²) in [4.78, 5) is 0. The molecular weight excluding hydrogens is 304 g/mol. The fraction of sp³-hybridized carbons (Fsp3) is 0.400. The monoisotopic (exact) mass is 314 g/mol. The van der Waals surface area contributed by atoms with E-state index in [0.29, 0.717) is 6.42 Å². The predicted octanol–water partition coefficient (Wildman–Crippen LogP) is 4.20. The van der Waals surface area contributed by atoms with Gasteiger partial charge >= 0.3 is 6.18 Å². The molecule has 0 heterocycles. The molecule has 0 bridgehead atoms. The molecule has 1 aromatic rings. The lowest BCUT2D eigenvalue weighted by molar-refractivity contribution is -0.137. The van der Waals surface area contributed by atoms with E-state index in [0.717, 1.165) is 21.6 Å². The summed E-state index contributed by atoms with van der Waals surface area (Å²) < 4.78 is 37.8. The zero-order chi connectivity index (χ0) is 10.8. The number of hydrogen-bond acceptors (Lipinski definition) is 0. The van der Waals surface area contributed by atoms with Gasteiger partial charge in [0.15, 0.2) is 0 Å². The fourth-order valence-corrected chi connectivity index (χ4v) is 2.01. The molecule has 0 amide bonds. The van der Waals surface area contributed by atoms with Crippen LogP contribution in [0.4, 0.5) is 13.2 Å². The van der Waals surface area contributed by atoms with E-state index in [1.165, 1.54) is 6.07 Å². The summed E-state index contributed by atoms with van der Waals surface area (Å²) in [6, 6.07) is 3.95. The first-order chi connectivity index (χ1) is 6.49. The van der Waals surface area contributed by atoms with Crippen molar-refractivity contribution in [1.29, 1.82) is 0 Å². The topological polar surface area (TPSA) is 0 Å². The Balaban J connectivity index is 3.14. The molecule has 0 atom stereocenters. The number of halogens is 4. The van der Waals surface area contributed by atoms with E-state index >= 15 is 0 Å². The van der Waals surface area contributed by atoms with Crippen molar-refractivity contribution >= 4 is 22.6 Å². The van der Waals surface area contributed by atoms with Crippen molar-refractivity contribution in [3.05, 3.63) is 34.9 Å². The molecule has 0 N–H and O–H groups in total. The van der Waals surface area contributed by atoms with E-state index in [1.54, 1.807) is 6.07 Å². The van der Waals surface area contributed by atoms with Crippen molar-refractivity contribution in [2.75, 3.05) is 0 Å². The third kappa shape index (κ3) is 2.62. The highest BCUT2D eigenvalue weighted by atomic mass is 127. The molecule has 14 heavy (non-hydrogen) atoms. The molecule has 0 aromatic heterocycles. The quantitative estimate of drug-likeness (QED) is 0.567. The third-order valence-corrected chi connectivity index (χ3v) is 2.88. The van der Waals surface area contributed by atoms with Crippen LogP contribution in [0.25, 0.3) is 0 Å². The molecule has 0 saturated carbocycles. The molecule has 78 valence electrons. The molecule has 1 aromatic carbocycles. The Bertz CT molecular complexity index is 318. The van der Waals surface area contributed by atoms with Crippen molar-refractivity contribution < 1.29 is 13.2 Å². The molecule has 1 rings (SSSR count). The Morgan fingerprint density at radius 1 is 1.21 bits per heavy atom. The smallest absolute Gasteiger partial charge is 0.166 e. The summed E-state index contributed by atoms with van der Waals surface area (Å²) in [5, 5.41) is 0. The summed E-state index contributed by atoms with van der Waals surface area (Å²) in [5.74, 6) is 0. The van der Waals surface area contributed by atoms with Crippen LogP contribution in [-0.2, 0) is 17.0 Å². The van der Waals surface area contributed by atoms with Gasteiger partial charge in [-0.3, -0.25) is 0 Å². The maximum absolute atomic E-state index is 12.3. The van der Waals surface area contributed by atoms with Crippen molar-refractivity contribution in [3.8, 4) is 0 Å². The largest absolute Gasteiger partial charge is 0.416 e. The summed E-state index contributed by atoms with van der Waals surface area (Å²) in [6.07, 6.45) is -3.59. The molecule has 0 radical (unpaired) electrons. The number of hydrogen-bond donors (Lipinski definition) is 0. The van der Waals surface area contributed by atoms with Gasteiger partial charge in [0.1, 0.15) is 0 Å². The summed E-state index contributed by atoms with van der Waals surface area (Å²) in [7, 11) is 0. The van der Waals surface area contributed by atoms with Gasteiger partial charge in [0.2, 0.25) is 0 Å². The first-order valence-corrected chi connectivity index (χ1v) is 5.76. The van der Waals surface area contributed by atoms with Crippen molar-refractivity contribution in [1.82, 2.24) is 0 Å². The van der Waals surface area contributed by atoms with E-state index in [-0.39, 0.29) is 0 Å². The van der Waals surface area contributed by atoms with E-state index < -0.39 is 11.7 Å². The minimum atomic E-state index is -4.23. The highest BCUT2D eigenvalue weighted by molar-refractivity contribution is 14.1. The van der Waals surface area contributed by atoms with Crippen LogP contribution in [0.2, 0.25) is 0 Å². The average molecular weight is 314 g/mol. The maximum atomic E-state index is 12.3. The van der Waals surface area contributed by atoms with E-state index in [4.69, 9.17) is 0 Å². The third-order valence-electron chi connectivity index (χ3n) is 2.06. The summed E-state index contributed by atoms with van der Waals surface area (Å²) >= 11 is 2.15. The summed E-state index contributed by atoms with van der Waals surface area (Å²) in [6.45, 7) is 1.87. The molecule has 0 aliphatic heterocycles. The van der Waals surface area contributed by atoms with Crippen LogP contribution < -0.4 is 0 Å². The van der Waals surface area contributed by atoms with Gasteiger partial charge < -0.3 is 0 Å². The molecule has 0 spiro atoms. The minimum absolute atomic E-state index is 0.553. The Hall–Kier alpha value is -0.260. The van der Waals surface area contributed by atoms with Crippen molar-refractivity contribution in [2.45, 2.75) is 23.9 Å². The normalized spacial score (nSPS) is 11.8. The van der Waals surface area contributed by atoms with E-state index in [2.05, 4.69) is 22.6 Å². The van der Waals surface area contributed by atoms with Gasteiger partial charge in [0.25, 0.3) is 0 Å². The number of alkyl halides is 4. The zero-order valence-electron chi connectivity index (χ0n) is 7.66. The van der Waals surface area contributed by atoms with E-state index in [9.17, 15) is 13.2 Å². The van der Waals surface area contributed by atoms with Crippen LogP contribution in [0.1, 0.15) is 23.6 Å². The summed E-state index contributed by atoms with van der Waals surface area (Å²) in [5.41, 5.74) is 1.22.